The van der Waals surface area contributed by atoms with Crippen molar-refractivity contribution in [3.05, 3.63) is 33.9 Å². The Morgan fingerprint density at radius 1 is 1.06 bits per heavy atom. The van der Waals surface area contributed by atoms with E-state index in [0.717, 1.165) is 27.8 Å². The van der Waals surface area contributed by atoms with Crippen LogP contribution in [0.15, 0.2) is 6.07 Å². The van der Waals surface area contributed by atoms with Gasteiger partial charge in [0.15, 0.2) is 0 Å². The van der Waals surface area contributed by atoms with Crippen LogP contribution in [0.3, 0.4) is 0 Å². The van der Waals surface area contributed by atoms with Crippen molar-refractivity contribution in [2.24, 2.45) is 5.73 Å². The van der Waals surface area contributed by atoms with Crippen LogP contribution in [0.4, 0.5) is 0 Å². The molecule has 2 unspecified atom stereocenters. The van der Waals surface area contributed by atoms with Gasteiger partial charge in [-0.1, -0.05) is 6.07 Å². The molecule has 0 aliphatic carbocycles. The van der Waals surface area contributed by atoms with Gasteiger partial charge in [-0.3, -0.25) is 0 Å². The van der Waals surface area contributed by atoms with E-state index < -0.39 is 12.2 Å². The van der Waals surface area contributed by atoms with Crippen LogP contribution < -0.4 is 5.73 Å². The highest BCUT2D eigenvalue weighted by atomic mass is 16.3. The first-order chi connectivity index (χ1) is 7.90. The molecule has 0 aliphatic rings. The Bertz CT molecular complexity index is 375. The molecule has 0 bridgehead atoms. The van der Waals surface area contributed by atoms with E-state index in [-0.39, 0.29) is 0 Å². The molecule has 1 aromatic carbocycles. The Labute approximate surface area is 103 Å². The monoisotopic (exact) mass is 237 g/mol. The maximum atomic E-state index is 10.2. The fourth-order valence-electron chi connectivity index (χ4n) is 2.21. The van der Waals surface area contributed by atoms with Crippen LogP contribution in [0.2, 0.25) is 0 Å². The van der Waals surface area contributed by atoms with Gasteiger partial charge in [-0.15, -0.1) is 0 Å². The molecule has 0 spiro atoms. The van der Waals surface area contributed by atoms with E-state index in [1.807, 2.05) is 27.7 Å². The molecule has 17 heavy (non-hydrogen) atoms. The minimum atomic E-state index is -0.850. The average molecular weight is 237 g/mol. The van der Waals surface area contributed by atoms with Gasteiger partial charge in [0.2, 0.25) is 0 Å². The van der Waals surface area contributed by atoms with E-state index in [1.165, 1.54) is 0 Å². The highest BCUT2D eigenvalue weighted by Gasteiger charge is 2.22. The summed E-state index contributed by atoms with van der Waals surface area (Å²) >= 11 is 0. The van der Waals surface area contributed by atoms with Crippen LogP contribution in [0.1, 0.15) is 40.3 Å². The Hall–Kier alpha value is -0.900. The van der Waals surface area contributed by atoms with Crippen molar-refractivity contribution in [1.82, 2.24) is 0 Å². The van der Waals surface area contributed by atoms with E-state index in [0.29, 0.717) is 13.0 Å². The van der Waals surface area contributed by atoms with Crippen molar-refractivity contribution in [2.75, 3.05) is 6.54 Å². The van der Waals surface area contributed by atoms with Crippen molar-refractivity contribution >= 4 is 0 Å². The molecule has 0 amide bonds. The summed E-state index contributed by atoms with van der Waals surface area (Å²) in [7, 11) is 0. The summed E-state index contributed by atoms with van der Waals surface area (Å²) in [6, 6.07) is 2.11. The molecular weight excluding hydrogens is 214 g/mol. The molecule has 3 nitrogen and oxygen atoms in total. The molecule has 0 heterocycles. The molecule has 4 N–H and O–H groups in total. The molecule has 0 aromatic heterocycles. The third kappa shape index (κ3) is 2.86. The number of hydrogen-bond acceptors (Lipinski definition) is 3. The predicted octanol–water partition coefficient (Wildman–Crippen LogP) is 1.66. The SMILES string of the molecule is Cc1cc(C)c(C)c(C(O)C(O)CCN)c1C. The van der Waals surface area contributed by atoms with Crippen molar-refractivity contribution in [1.29, 1.82) is 0 Å². The summed E-state index contributed by atoms with van der Waals surface area (Å²) in [6.07, 6.45) is -1.23. The lowest BCUT2D eigenvalue weighted by Gasteiger charge is -2.23. The van der Waals surface area contributed by atoms with Gasteiger partial charge < -0.3 is 15.9 Å². The van der Waals surface area contributed by atoms with Crippen LogP contribution >= 0.6 is 0 Å². The van der Waals surface area contributed by atoms with Crippen LogP contribution in [0.25, 0.3) is 0 Å². The molecule has 0 fully saturated rings. The van der Waals surface area contributed by atoms with Crippen LogP contribution in [0.5, 0.6) is 0 Å². The lowest BCUT2D eigenvalue weighted by atomic mass is 9.88. The molecule has 1 aromatic rings. The average Bonchev–Trinajstić information content (AvgIpc) is 2.27. The van der Waals surface area contributed by atoms with E-state index in [2.05, 4.69) is 6.07 Å². The summed E-state index contributed by atoms with van der Waals surface area (Å²) < 4.78 is 0. The Kier molecular flexibility index (Phi) is 4.69. The van der Waals surface area contributed by atoms with Gasteiger partial charge in [0.1, 0.15) is 6.10 Å². The van der Waals surface area contributed by atoms with E-state index >= 15 is 0 Å². The smallest absolute Gasteiger partial charge is 0.105 e. The van der Waals surface area contributed by atoms with Gasteiger partial charge in [-0.25, -0.2) is 0 Å². The lowest BCUT2D eigenvalue weighted by Crippen LogP contribution is -2.23. The summed E-state index contributed by atoms with van der Waals surface area (Å²) in [6.45, 7) is 8.38. The zero-order valence-electron chi connectivity index (χ0n) is 11.1. The molecule has 3 heteroatoms. The molecule has 2 atom stereocenters. The molecule has 0 saturated heterocycles. The summed E-state index contributed by atoms with van der Waals surface area (Å²) in [5.41, 5.74) is 10.6. The minimum Gasteiger partial charge on any atom is -0.390 e. The third-order valence-electron chi connectivity index (χ3n) is 3.55. The second-order valence-electron chi connectivity index (χ2n) is 4.76. The first kappa shape index (κ1) is 14.2. The number of aryl methyl sites for hydroxylation is 2. The summed E-state index contributed by atoms with van der Waals surface area (Å²) in [5, 5.41) is 20.1. The van der Waals surface area contributed by atoms with Gasteiger partial charge in [-0.05, 0) is 68.5 Å². The Balaban J connectivity index is 3.20. The third-order valence-corrected chi connectivity index (χ3v) is 3.55. The number of benzene rings is 1. The van der Waals surface area contributed by atoms with Crippen LogP contribution in [-0.2, 0) is 0 Å². The lowest BCUT2D eigenvalue weighted by molar-refractivity contribution is 0.0142. The molecule has 0 radical (unpaired) electrons. The molecule has 0 aliphatic heterocycles. The number of aliphatic hydroxyl groups excluding tert-OH is 2. The van der Waals surface area contributed by atoms with Crippen LogP contribution in [-0.4, -0.2) is 22.9 Å². The van der Waals surface area contributed by atoms with E-state index in [4.69, 9.17) is 5.73 Å². The Morgan fingerprint density at radius 3 is 1.94 bits per heavy atom. The van der Waals surface area contributed by atoms with Gasteiger partial charge >= 0.3 is 0 Å². The number of rotatable bonds is 4. The van der Waals surface area contributed by atoms with Crippen molar-refractivity contribution in [3.63, 3.8) is 0 Å². The second-order valence-corrected chi connectivity index (χ2v) is 4.76. The summed E-state index contributed by atoms with van der Waals surface area (Å²) in [4.78, 5) is 0. The normalized spacial score (nSPS) is 14.8. The predicted molar refractivity (Wildman–Crippen MR) is 70.0 cm³/mol. The fraction of sp³-hybridized carbons (Fsp3) is 0.571. The molecule has 96 valence electrons. The number of hydrogen-bond donors (Lipinski definition) is 3. The maximum absolute atomic E-state index is 10.2. The second kappa shape index (κ2) is 5.63. The highest BCUT2D eigenvalue weighted by Crippen LogP contribution is 2.29. The first-order valence-electron chi connectivity index (χ1n) is 6.03. The molecule has 1 rings (SSSR count). The van der Waals surface area contributed by atoms with Crippen molar-refractivity contribution in [2.45, 2.75) is 46.3 Å². The van der Waals surface area contributed by atoms with Crippen molar-refractivity contribution < 1.29 is 10.2 Å². The zero-order chi connectivity index (χ0) is 13.2. The van der Waals surface area contributed by atoms with E-state index in [9.17, 15) is 10.2 Å². The Morgan fingerprint density at radius 2 is 1.53 bits per heavy atom. The standard InChI is InChI=1S/C14H23NO2/c1-8-7-9(2)11(4)13(10(8)3)14(17)12(16)5-6-15/h7,12,14,16-17H,5-6,15H2,1-4H3. The van der Waals surface area contributed by atoms with Gasteiger partial charge in [0.25, 0.3) is 0 Å². The fourth-order valence-corrected chi connectivity index (χ4v) is 2.21. The molecular formula is C14H23NO2. The van der Waals surface area contributed by atoms with Gasteiger partial charge in [-0.2, -0.15) is 0 Å². The zero-order valence-corrected chi connectivity index (χ0v) is 11.1. The number of nitrogens with two attached hydrogens (primary N) is 1. The molecule has 0 saturated carbocycles. The topological polar surface area (TPSA) is 66.5 Å². The van der Waals surface area contributed by atoms with Crippen molar-refractivity contribution in [3.8, 4) is 0 Å². The largest absolute Gasteiger partial charge is 0.390 e. The maximum Gasteiger partial charge on any atom is 0.105 e. The summed E-state index contributed by atoms with van der Waals surface area (Å²) in [5.74, 6) is 0. The van der Waals surface area contributed by atoms with Crippen LogP contribution in [0, 0.1) is 27.7 Å². The minimum absolute atomic E-state index is 0.376. The van der Waals surface area contributed by atoms with Gasteiger partial charge in [0.05, 0.1) is 6.10 Å². The quantitative estimate of drug-likeness (QED) is 0.746. The van der Waals surface area contributed by atoms with E-state index in [1.54, 1.807) is 0 Å². The first-order valence-corrected chi connectivity index (χ1v) is 6.03. The van der Waals surface area contributed by atoms with Gasteiger partial charge in [0, 0.05) is 0 Å². The number of aliphatic hydroxyl groups is 2. The highest BCUT2D eigenvalue weighted by molar-refractivity contribution is 5.45.